The fourth-order valence-corrected chi connectivity index (χ4v) is 5.71. The highest BCUT2D eigenvalue weighted by atomic mass is 32.2. The minimum Gasteiger partial charge on any atom is -0.475 e. The number of nitrogens with one attached hydrogen (secondary N) is 2. The lowest BCUT2D eigenvalue weighted by molar-refractivity contribution is -0.193. The van der Waals surface area contributed by atoms with E-state index in [4.69, 9.17) is 29.7 Å². The quantitative estimate of drug-likeness (QED) is 0.123. The van der Waals surface area contributed by atoms with Crippen LogP contribution in [0.1, 0.15) is 0 Å². The molecular weight excluding hydrogens is 825 g/mol. The molecule has 15 nitrogen and oxygen atoms in total. The third-order valence-electron chi connectivity index (χ3n) is 7.27. The zero-order valence-electron chi connectivity index (χ0n) is 28.9. The van der Waals surface area contributed by atoms with Crippen LogP contribution in [-0.2, 0) is 24.4 Å². The molecule has 1 fully saturated rings. The molecule has 5 N–H and O–H groups in total. The second-order valence-electron chi connectivity index (χ2n) is 11.3. The van der Waals surface area contributed by atoms with Gasteiger partial charge in [-0.3, -0.25) is 9.82 Å². The number of carbonyl (C=O) groups is 3. The van der Waals surface area contributed by atoms with Gasteiger partial charge in [-0.2, -0.15) is 44.6 Å². The van der Waals surface area contributed by atoms with Crippen LogP contribution in [0.25, 0.3) is 22.0 Å². The third-order valence-corrected chi connectivity index (χ3v) is 8.67. The number of alkyl halides is 9. The van der Waals surface area contributed by atoms with Crippen molar-refractivity contribution in [2.24, 2.45) is 0 Å². The minimum atomic E-state index is -5.08. The Hall–Kier alpha value is -6.66. The van der Waals surface area contributed by atoms with Gasteiger partial charge in [-0.15, -0.1) is 0 Å². The first-order valence-electron chi connectivity index (χ1n) is 15.7. The van der Waals surface area contributed by atoms with Gasteiger partial charge >= 0.3 is 36.4 Å². The van der Waals surface area contributed by atoms with E-state index in [0.717, 1.165) is 59.7 Å². The number of piperazine rings is 1. The molecule has 58 heavy (non-hydrogen) atoms. The smallest absolute Gasteiger partial charge is 0.475 e. The van der Waals surface area contributed by atoms with Gasteiger partial charge < -0.3 is 25.1 Å². The maximum atomic E-state index is 12.7. The molecule has 312 valence electrons. The van der Waals surface area contributed by atoms with E-state index >= 15 is 0 Å². The van der Waals surface area contributed by atoms with Gasteiger partial charge in [0.25, 0.3) is 10.0 Å². The Labute approximate surface area is 320 Å². The number of carboxylic acid groups (broad SMARTS) is 3. The fraction of sp³-hybridized carbons (Fsp3) is 0.212. The van der Waals surface area contributed by atoms with Crippen molar-refractivity contribution in [1.29, 1.82) is 0 Å². The summed E-state index contributed by atoms with van der Waals surface area (Å²) in [5.41, 5.74) is 4.49. The monoisotopic (exact) mass is 853 g/mol. The number of hydrogen-bond acceptors (Lipinski definition) is 10. The molecule has 3 aromatic carbocycles. The highest BCUT2D eigenvalue weighted by Crippen LogP contribution is 2.30. The molecule has 3 heterocycles. The van der Waals surface area contributed by atoms with Crippen LogP contribution in [0.15, 0.2) is 96.4 Å². The van der Waals surface area contributed by atoms with Crippen molar-refractivity contribution in [2.45, 2.75) is 23.4 Å². The van der Waals surface area contributed by atoms with Crippen molar-refractivity contribution < 1.29 is 77.6 Å². The highest BCUT2D eigenvalue weighted by Gasteiger charge is 2.39. The van der Waals surface area contributed by atoms with Crippen molar-refractivity contribution >= 4 is 56.0 Å². The summed E-state index contributed by atoms with van der Waals surface area (Å²) in [5.74, 6) is -7.35. The van der Waals surface area contributed by atoms with E-state index in [1.165, 1.54) is 0 Å². The number of aromatic nitrogens is 4. The number of rotatable bonds is 6. The number of carboxylic acids is 3. The van der Waals surface area contributed by atoms with Gasteiger partial charge in [0.2, 0.25) is 0 Å². The van der Waals surface area contributed by atoms with E-state index in [9.17, 15) is 47.9 Å². The predicted octanol–water partition coefficient (Wildman–Crippen LogP) is 6.05. The van der Waals surface area contributed by atoms with Crippen molar-refractivity contribution in [3.05, 3.63) is 91.5 Å². The maximum Gasteiger partial charge on any atom is 0.490 e. The maximum absolute atomic E-state index is 12.7. The van der Waals surface area contributed by atoms with Crippen LogP contribution in [0, 0.1) is 0 Å². The molecule has 0 bridgehead atoms. The van der Waals surface area contributed by atoms with Gasteiger partial charge in [-0.05, 0) is 48.0 Å². The standard InChI is InChI=1S/C27H25N7O2S.3C2HF3O2/c35-37(36,24-7-2-1-3-8-24)32-22-5-4-6-23(16-22)33-11-13-34(14-12-33)27-25-15-20(21-17-30-31-18-21)9-10-26(25)28-19-29-27;3*3-2(4,5)1(6)7/h1-10,15-19,32H,11-14H2,(H,30,31);3*(H,6,7). The first kappa shape index (κ1) is 45.7. The summed E-state index contributed by atoms with van der Waals surface area (Å²) in [6.45, 7) is 3.12. The second kappa shape index (κ2) is 19.0. The Balaban J connectivity index is 0.000000353. The van der Waals surface area contributed by atoms with Gasteiger partial charge in [0.05, 0.1) is 22.3 Å². The van der Waals surface area contributed by atoms with Gasteiger partial charge in [0.15, 0.2) is 0 Å². The SMILES string of the molecule is O=C(O)C(F)(F)F.O=C(O)C(F)(F)F.O=C(O)C(F)(F)F.O=S(=O)(Nc1cccc(N2CCN(c3ncnc4ccc(-c5cn[nH]c5)cc34)CC2)c1)c1ccccc1. The normalized spacial score (nSPS) is 13.1. The van der Waals surface area contributed by atoms with Crippen LogP contribution < -0.4 is 14.5 Å². The predicted molar refractivity (Wildman–Crippen MR) is 186 cm³/mol. The molecule has 5 aromatic rings. The van der Waals surface area contributed by atoms with E-state index < -0.39 is 46.5 Å². The Kier molecular flexibility index (Phi) is 15.0. The Morgan fingerprint density at radius 2 is 1.21 bits per heavy atom. The highest BCUT2D eigenvalue weighted by molar-refractivity contribution is 7.92. The number of halogens is 9. The Bertz CT molecular complexity index is 2210. The molecule has 0 aliphatic carbocycles. The zero-order valence-corrected chi connectivity index (χ0v) is 29.7. The van der Waals surface area contributed by atoms with Gasteiger partial charge in [-0.1, -0.05) is 30.3 Å². The molecule has 0 saturated carbocycles. The van der Waals surface area contributed by atoms with Gasteiger partial charge in [0, 0.05) is 49.0 Å². The third kappa shape index (κ3) is 13.5. The molecule has 1 aliphatic rings. The van der Waals surface area contributed by atoms with Crippen molar-refractivity contribution in [3.8, 4) is 11.1 Å². The van der Waals surface area contributed by atoms with E-state index in [1.54, 1.807) is 48.9 Å². The van der Waals surface area contributed by atoms with Gasteiger partial charge in [0.1, 0.15) is 12.1 Å². The number of aliphatic carboxylic acids is 3. The Morgan fingerprint density at radius 1 is 0.672 bits per heavy atom. The average Bonchev–Trinajstić information content (AvgIpc) is 3.70. The number of aromatic amines is 1. The summed E-state index contributed by atoms with van der Waals surface area (Å²) in [5, 5.41) is 29.3. The molecule has 0 amide bonds. The van der Waals surface area contributed by atoms with E-state index in [-0.39, 0.29) is 4.90 Å². The molecule has 1 aliphatic heterocycles. The molecule has 1 saturated heterocycles. The van der Waals surface area contributed by atoms with Crippen LogP contribution in [0.3, 0.4) is 0 Å². The number of anilines is 3. The lowest BCUT2D eigenvalue weighted by Crippen LogP contribution is -2.47. The van der Waals surface area contributed by atoms with Crippen LogP contribution in [-0.4, -0.2) is 107 Å². The number of sulfonamides is 1. The number of H-pyrrole nitrogens is 1. The molecule has 0 radical (unpaired) electrons. The second-order valence-corrected chi connectivity index (χ2v) is 13.0. The summed E-state index contributed by atoms with van der Waals surface area (Å²) in [7, 11) is -3.64. The van der Waals surface area contributed by atoms with Crippen molar-refractivity contribution in [2.75, 3.05) is 40.7 Å². The van der Waals surface area contributed by atoms with Crippen LogP contribution in [0.5, 0.6) is 0 Å². The molecule has 0 unspecified atom stereocenters. The van der Waals surface area contributed by atoms with Crippen LogP contribution in [0.2, 0.25) is 0 Å². The first-order valence-corrected chi connectivity index (χ1v) is 17.2. The molecule has 0 atom stereocenters. The topological polar surface area (TPSA) is 219 Å². The van der Waals surface area contributed by atoms with Crippen LogP contribution >= 0.6 is 0 Å². The Morgan fingerprint density at radius 3 is 1.71 bits per heavy atom. The molecule has 6 rings (SSSR count). The van der Waals surface area contributed by atoms with E-state index in [2.05, 4.69) is 40.8 Å². The fourth-order valence-electron chi connectivity index (χ4n) is 4.64. The van der Waals surface area contributed by atoms with E-state index in [0.29, 0.717) is 5.69 Å². The summed E-state index contributed by atoms with van der Waals surface area (Å²) in [4.78, 5) is 40.6. The van der Waals surface area contributed by atoms with Crippen molar-refractivity contribution in [3.63, 3.8) is 0 Å². The van der Waals surface area contributed by atoms with Gasteiger partial charge in [-0.25, -0.2) is 32.8 Å². The molecule has 25 heteroatoms. The summed E-state index contributed by atoms with van der Waals surface area (Å²) >= 11 is 0. The van der Waals surface area contributed by atoms with Crippen molar-refractivity contribution in [1.82, 2.24) is 20.2 Å². The zero-order chi connectivity index (χ0) is 43.5. The number of fused-ring (bicyclic) bond motifs is 1. The molecule has 2 aromatic heterocycles. The average molecular weight is 854 g/mol. The van der Waals surface area contributed by atoms with Crippen LogP contribution in [0.4, 0.5) is 56.7 Å². The number of hydrogen-bond donors (Lipinski definition) is 5. The number of benzene rings is 3. The number of nitrogens with zero attached hydrogens (tertiary/aromatic N) is 5. The first-order chi connectivity index (χ1) is 26.9. The molecule has 0 spiro atoms. The largest absolute Gasteiger partial charge is 0.490 e. The summed E-state index contributed by atoms with van der Waals surface area (Å²) in [6.07, 6.45) is -9.96. The van der Waals surface area contributed by atoms with E-state index in [1.807, 2.05) is 36.5 Å². The summed E-state index contributed by atoms with van der Waals surface area (Å²) in [6, 6.07) is 22.1. The lowest BCUT2D eigenvalue weighted by Gasteiger charge is -2.37. The minimum absolute atomic E-state index is 0.238. The summed E-state index contributed by atoms with van der Waals surface area (Å²) < 4.78 is 123. The lowest BCUT2D eigenvalue weighted by atomic mass is 10.1. The molecular formula is C33H28F9N7O8S.